The van der Waals surface area contributed by atoms with Crippen LogP contribution in [0.1, 0.15) is 21.5 Å². The molecule has 0 spiro atoms. The number of hydrogen-bond acceptors (Lipinski definition) is 4. The first kappa shape index (κ1) is 21.0. The molecule has 10 heteroatoms. The van der Waals surface area contributed by atoms with Crippen molar-refractivity contribution >= 4 is 44.1 Å². The zero-order valence-corrected chi connectivity index (χ0v) is 17.5. The summed E-state index contributed by atoms with van der Waals surface area (Å²) in [6, 6.07) is 9.06. The second kappa shape index (κ2) is 7.75. The molecule has 158 valence electrons. The van der Waals surface area contributed by atoms with Gasteiger partial charge in [-0.3, -0.25) is 9.52 Å². The topological polar surface area (TPSA) is 91.9 Å². The van der Waals surface area contributed by atoms with Crippen LogP contribution in [0.2, 0.25) is 5.02 Å². The fourth-order valence-electron chi connectivity index (χ4n) is 3.06. The number of hydrogen-bond donors (Lipinski definition) is 2. The lowest BCUT2D eigenvalue weighted by Crippen LogP contribution is -2.16. The third-order valence-corrected chi connectivity index (χ3v) is 6.22. The van der Waals surface area contributed by atoms with Gasteiger partial charge in [0.2, 0.25) is 5.78 Å². The minimum absolute atomic E-state index is 0.0543. The van der Waals surface area contributed by atoms with Gasteiger partial charge in [0.1, 0.15) is 11.5 Å². The van der Waals surface area contributed by atoms with Crippen molar-refractivity contribution in [1.82, 2.24) is 9.97 Å². The van der Waals surface area contributed by atoms with Gasteiger partial charge in [0.05, 0.1) is 21.2 Å². The van der Waals surface area contributed by atoms with E-state index in [1.807, 2.05) is 0 Å². The third-order valence-electron chi connectivity index (χ3n) is 4.64. The second-order valence-corrected chi connectivity index (χ2v) is 8.90. The van der Waals surface area contributed by atoms with Crippen LogP contribution in [0.3, 0.4) is 0 Å². The number of halogens is 3. The normalized spacial score (nSPS) is 11.6. The molecule has 0 aliphatic rings. The minimum Gasteiger partial charge on any atom is -0.345 e. The number of sulfonamides is 1. The van der Waals surface area contributed by atoms with Crippen molar-refractivity contribution in [3.05, 3.63) is 88.2 Å². The molecule has 2 aromatic carbocycles. The predicted molar refractivity (Wildman–Crippen MR) is 113 cm³/mol. The van der Waals surface area contributed by atoms with Crippen LogP contribution in [-0.2, 0) is 10.0 Å². The molecular formula is C21H14ClF2N3O3S. The lowest BCUT2D eigenvalue weighted by molar-refractivity contribution is 0.103. The molecule has 0 amide bonds. The van der Waals surface area contributed by atoms with Crippen LogP contribution in [0.25, 0.3) is 11.0 Å². The van der Waals surface area contributed by atoms with E-state index in [0.29, 0.717) is 5.65 Å². The molecule has 0 bridgehead atoms. The van der Waals surface area contributed by atoms with E-state index in [1.165, 1.54) is 30.6 Å². The highest BCUT2D eigenvalue weighted by atomic mass is 35.5. The molecule has 0 atom stereocenters. The zero-order chi connectivity index (χ0) is 22.3. The van der Waals surface area contributed by atoms with E-state index in [4.69, 9.17) is 11.6 Å². The van der Waals surface area contributed by atoms with Gasteiger partial charge in [-0.05, 0) is 37.3 Å². The average molecular weight is 462 g/mol. The Hall–Kier alpha value is -3.30. The molecule has 0 aliphatic carbocycles. The summed E-state index contributed by atoms with van der Waals surface area (Å²) in [5, 5.41) is 0.517. The standard InChI is InChI=1S/C21H14ClF2N3O3S/c1-11-2-4-13(5-3-11)31(29,30)27-17-7-6-16(23)18(19(17)24)20(28)15-10-26-21-14(15)8-12(22)9-25-21/h2-10,27H,1H3,(H,25,26). The van der Waals surface area contributed by atoms with E-state index in [0.717, 1.165) is 17.7 Å². The summed E-state index contributed by atoms with van der Waals surface area (Å²) in [6.07, 6.45) is 2.62. The number of anilines is 1. The van der Waals surface area contributed by atoms with Crippen molar-refractivity contribution in [1.29, 1.82) is 0 Å². The highest BCUT2D eigenvalue weighted by Crippen LogP contribution is 2.29. The molecule has 0 saturated carbocycles. The molecule has 31 heavy (non-hydrogen) atoms. The number of aryl methyl sites for hydroxylation is 1. The molecule has 4 rings (SSSR count). The number of ketones is 1. The Kier molecular flexibility index (Phi) is 5.24. The largest absolute Gasteiger partial charge is 0.345 e. The number of rotatable bonds is 5. The molecule has 0 fully saturated rings. The van der Waals surface area contributed by atoms with E-state index in [-0.39, 0.29) is 20.9 Å². The van der Waals surface area contributed by atoms with Gasteiger partial charge >= 0.3 is 0 Å². The summed E-state index contributed by atoms with van der Waals surface area (Å²) in [5.41, 5.74) is -0.356. The Bertz CT molecular complexity index is 1430. The monoisotopic (exact) mass is 461 g/mol. The molecule has 0 saturated heterocycles. The van der Waals surface area contributed by atoms with Crippen LogP contribution in [0.15, 0.2) is 59.8 Å². The molecule has 0 aliphatic heterocycles. The number of fused-ring (bicyclic) bond motifs is 1. The summed E-state index contributed by atoms with van der Waals surface area (Å²) < 4.78 is 56.8. The van der Waals surface area contributed by atoms with Gasteiger partial charge in [0.25, 0.3) is 10.0 Å². The van der Waals surface area contributed by atoms with Gasteiger partial charge in [-0.1, -0.05) is 29.3 Å². The molecule has 6 nitrogen and oxygen atoms in total. The summed E-state index contributed by atoms with van der Waals surface area (Å²) >= 11 is 5.91. The summed E-state index contributed by atoms with van der Waals surface area (Å²) in [7, 11) is -4.16. The third kappa shape index (κ3) is 3.89. The van der Waals surface area contributed by atoms with E-state index in [2.05, 4.69) is 14.7 Å². The lowest BCUT2D eigenvalue weighted by atomic mass is 10.0. The van der Waals surface area contributed by atoms with Gasteiger partial charge in [0.15, 0.2) is 5.82 Å². The average Bonchev–Trinajstić information content (AvgIpc) is 3.13. The Balaban J connectivity index is 1.76. The van der Waals surface area contributed by atoms with Gasteiger partial charge < -0.3 is 4.98 Å². The molecule has 2 N–H and O–H groups in total. The van der Waals surface area contributed by atoms with Crippen LogP contribution in [0.4, 0.5) is 14.5 Å². The quantitative estimate of drug-likeness (QED) is 0.416. The van der Waals surface area contributed by atoms with Crippen molar-refractivity contribution in [3.63, 3.8) is 0 Å². The number of nitrogens with zero attached hydrogens (tertiary/aromatic N) is 1. The Morgan fingerprint density at radius 3 is 2.55 bits per heavy atom. The van der Waals surface area contributed by atoms with E-state index in [1.54, 1.807) is 19.1 Å². The number of H-pyrrole nitrogens is 1. The number of pyridine rings is 1. The van der Waals surface area contributed by atoms with E-state index >= 15 is 4.39 Å². The molecule has 0 radical (unpaired) electrons. The number of carbonyl (C=O) groups excluding carboxylic acids is 1. The minimum atomic E-state index is -4.16. The molecule has 2 heterocycles. The Morgan fingerprint density at radius 2 is 1.84 bits per heavy atom. The maximum Gasteiger partial charge on any atom is 0.261 e. The molecule has 0 unspecified atom stereocenters. The predicted octanol–water partition coefficient (Wildman–Crippen LogP) is 4.83. The Labute approximate surface area is 180 Å². The molecule has 4 aromatic rings. The zero-order valence-electron chi connectivity index (χ0n) is 15.9. The number of aromatic amines is 1. The molecular weight excluding hydrogens is 448 g/mol. The summed E-state index contributed by atoms with van der Waals surface area (Å²) in [4.78, 5) is 19.6. The Morgan fingerprint density at radius 1 is 1.13 bits per heavy atom. The smallest absolute Gasteiger partial charge is 0.261 e. The SMILES string of the molecule is Cc1ccc(S(=O)(=O)Nc2ccc(F)c(C(=O)c3c[nH]c4ncc(Cl)cc34)c2F)cc1. The van der Waals surface area contributed by atoms with Gasteiger partial charge in [-0.2, -0.15) is 0 Å². The van der Waals surface area contributed by atoms with Crippen LogP contribution in [0.5, 0.6) is 0 Å². The van der Waals surface area contributed by atoms with Gasteiger partial charge in [-0.25, -0.2) is 22.2 Å². The summed E-state index contributed by atoms with van der Waals surface area (Å²) in [6.45, 7) is 1.79. The van der Waals surface area contributed by atoms with Gasteiger partial charge in [-0.15, -0.1) is 0 Å². The van der Waals surface area contributed by atoms with Gasteiger partial charge in [0, 0.05) is 23.3 Å². The fourth-order valence-corrected chi connectivity index (χ4v) is 4.28. The van der Waals surface area contributed by atoms with Crippen LogP contribution >= 0.6 is 11.6 Å². The first-order valence-corrected chi connectivity index (χ1v) is 10.8. The van der Waals surface area contributed by atoms with Crippen molar-refractivity contribution in [2.75, 3.05) is 4.72 Å². The van der Waals surface area contributed by atoms with E-state index in [9.17, 15) is 17.6 Å². The van der Waals surface area contributed by atoms with Crippen LogP contribution in [-0.4, -0.2) is 24.2 Å². The fraction of sp³-hybridized carbons (Fsp3) is 0.0476. The number of benzene rings is 2. The number of nitrogens with one attached hydrogen (secondary N) is 2. The maximum absolute atomic E-state index is 15.1. The highest BCUT2D eigenvalue weighted by Gasteiger charge is 2.26. The van der Waals surface area contributed by atoms with Crippen molar-refractivity contribution in [3.8, 4) is 0 Å². The van der Waals surface area contributed by atoms with Crippen molar-refractivity contribution in [2.45, 2.75) is 11.8 Å². The van der Waals surface area contributed by atoms with Crippen molar-refractivity contribution < 1.29 is 22.0 Å². The van der Waals surface area contributed by atoms with Crippen molar-refractivity contribution in [2.24, 2.45) is 0 Å². The first-order chi connectivity index (χ1) is 14.7. The number of carbonyl (C=O) groups is 1. The number of aromatic nitrogens is 2. The highest BCUT2D eigenvalue weighted by molar-refractivity contribution is 7.92. The first-order valence-electron chi connectivity index (χ1n) is 8.92. The van der Waals surface area contributed by atoms with Crippen LogP contribution in [0, 0.1) is 18.6 Å². The molecule has 2 aromatic heterocycles. The van der Waals surface area contributed by atoms with E-state index < -0.39 is 38.7 Å². The summed E-state index contributed by atoms with van der Waals surface area (Å²) in [5.74, 6) is -3.45. The second-order valence-electron chi connectivity index (χ2n) is 6.78. The maximum atomic E-state index is 15.1. The lowest BCUT2D eigenvalue weighted by Gasteiger charge is -2.12. The van der Waals surface area contributed by atoms with Crippen LogP contribution < -0.4 is 4.72 Å².